The van der Waals surface area contributed by atoms with Crippen LogP contribution >= 0.6 is 0 Å². The van der Waals surface area contributed by atoms with Crippen LogP contribution < -0.4 is 15.4 Å². The summed E-state index contributed by atoms with van der Waals surface area (Å²) in [5.74, 6) is 0.729. The zero-order valence-electron chi connectivity index (χ0n) is 11.7. The van der Waals surface area contributed by atoms with E-state index in [0.717, 1.165) is 17.0 Å². The Bertz CT molecular complexity index is 564. The smallest absolute Gasteiger partial charge is 0.144 e. The fraction of sp³-hybridized carbons (Fsp3) is 0.250. The molecule has 0 heterocycles. The first-order chi connectivity index (χ1) is 9.06. The van der Waals surface area contributed by atoms with Crippen LogP contribution in [0.15, 0.2) is 42.5 Å². The summed E-state index contributed by atoms with van der Waals surface area (Å²) in [7, 11) is 3.99. The van der Waals surface area contributed by atoms with Crippen LogP contribution in [-0.2, 0) is 6.61 Å². The molecule has 19 heavy (non-hydrogen) atoms. The summed E-state index contributed by atoms with van der Waals surface area (Å²) in [6.07, 6.45) is 0. The second kappa shape index (κ2) is 5.65. The van der Waals surface area contributed by atoms with Crippen LogP contribution in [0.5, 0.6) is 5.75 Å². The van der Waals surface area contributed by atoms with Crippen molar-refractivity contribution < 1.29 is 4.74 Å². The number of aryl methyl sites for hydroxylation is 1. The average molecular weight is 256 g/mol. The fourth-order valence-electron chi connectivity index (χ4n) is 1.89. The summed E-state index contributed by atoms with van der Waals surface area (Å²) in [4.78, 5) is 2.03. The Kier molecular flexibility index (Phi) is 3.95. The predicted octanol–water partition coefficient (Wildman–Crippen LogP) is 3.22. The number of ether oxygens (including phenoxy) is 1. The summed E-state index contributed by atoms with van der Waals surface area (Å²) < 4.78 is 5.82. The number of hydrogen-bond acceptors (Lipinski definition) is 3. The predicted molar refractivity (Wildman–Crippen MR) is 80.7 cm³/mol. The lowest BCUT2D eigenvalue weighted by molar-refractivity contribution is 0.308. The van der Waals surface area contributed by atoms with Crippen LogP contribution in [0.4, 0.5) is 11.4 Å². The Hall–Kier alpha value is -2.16. The zero-order valence-corrected chi connectivity index (χ0v) is 11.7. The summed E-state index contributed by atoms with van der Waals surface area (Å²) >= 11 is 0. The van der Waals surface area contributed by atoms with Crippen LogP contribution in [0.2, 0.25) is 0 Å². The van der Waals surface area contributed by atoms with Crippen molar-refractivity contribution in [3.05, 3.63) is 53.6 Å². The second-order valence-corrected chi connectivity index (χ2v) is 4.89. The van der Waals surface area contributed by atoms with Gasteiger partial charge in [-0.05, 0) is 24.6 Å². The summed E-state index contributed by atoms with van der Waals surface area (Å²) in [5.41, 5.74) is 10.1. The molecule has 0 fully saturated rings. The van der Waals surface area contributed by atoms with Gasteiger partial charge in [-0.2, -0.15) is 0 Å². The molecular formula is C16H20N2O. The van der Waals surface area contributed by atoms with Gasteiger partial charge in [-0.25, -0.2) is 0 Å². The third-order valence-corrected chi connectivity index (χ3v) is 2.99. The molecule has 0 bridgehead atoms. The van der Waals surface area contributed by atoms with E-state index in [0.29, 0.717) is 12.3 Å². The molecule has 2 rings (SSSR count). The molecule has 0 saturated carbocycles. The van der Waals surface area contributed by atoms with Gasteiger partial charge in [-0.15, -0.1) is 0 Å². The molecule has 2 aromatic rings. The Morgan fingerprint density at radius 2 is 1.89 bits per heavy atom. The van der Waals surface area contributed by atoms with Gasteiger partial charge in [-0.3, -0.25) is 0 Å². The maximum absolute atomic E-state index is 5.94. The van der Waals surface area contributed by atoms with Crippen LogP contribution in [0.3, 0.4) is 0 Å². The van der Waals surface area contributed by atoms with E-state index in [9.17, 15) is 0 Å². The molecule has 0 aliphatic heterocycles. The van der Waals surface area contributed by atoms with Crippen molar-refractivity contribution >= 4 is 11.4 Å². The SMILES string of the molecule is Cc1cccc(COc2cc(N(C)C)ccc2N)c1. The van der Waals surface area contributed by atoms with Gasteiger partial charge in [-0.1, -0.05) is 29.8 Å². The van der Waals surface area contributed by atoms with Crippen molar-refractivity contribution in [3.8, 4) is 5.75 Å². The van der Waals surface area contributed by atoms with Crippen molar-refractivity contribution in [2.75, 3.05) is 24.7 Å². The Morgan fingerprint density at radius 1 is 1.11 bits per heavy atom. The van der Waals surface area contributed by atoms with Gasteiger partial charge >= 0.3 is 0 Å². The first kappa shape index (κ1) is 13.3. The quantitative estimate of drug-likeness (QED) is 0.854. The molecule has 3 nitrogen and oxygen atoms in total. The van der Waals surface area contributed by atoms with E-state index in [-0.39, 0.29) is 0 Å². The van der Waals surface area contributed by atoms with Gasteiger partial charge in [0.2, 0.25) is 0 Å². The number of benzene rings is 2. The number of nitrogens with zero attached hydrogens (tertiary/aromatic N) is 1. The topological polar surface area (TPSA) is 38.5 Å². The molecule has 0 atom stereocenters. The second-order valence-electron chi connectivity index (χ2n) is 4.89. The third kappa shape index (κ3) is 3.41. The molecule has 0 saturated heterocycles. The Morgan fingerprint density at radius 3 is 2.58 bits per heavy atom. The molecule has 0 aliphatic rings. The fourth-order valence-corrected chi connectivity index (χ4v) is 1.89. The highest BCUT2D eigenvalue weighted by molar-refractivity contribution is 5.61. The number of hydrogen-bond donors (Lipinski definition) is 1. The molecule has 0 aromatic heterocycles. The lowest BCUT2D eigenvalue weighted by Gasteiger charge is -2.16. The van der Waals surface area contributed by atoms with E-state index in [4.69, 9.17) is 10.5 Å². The molecule has 2 N–H and O–H groups in total. The molecule has 2 aromatic carbocycles. The highest BCUT2D eigenvalue weighted by atomic mass is 16.5. The Labute approximate surface area is 114 Å². The lowest BCUT2D eigenvalue weighted by atomic mass is 10.1. The molecular weight excluding hydrogens is 236 g/mol. The number of nitrogens with two attached hydrogens (primary N) is 1. The van der Waals surface area contributed by atoms with Crippen molar-refractivity contribution in [2.24, 2.45) is 0 Å². The molecule has 0 unspecified atom stereocenters. The van der Waals surface area contributed by atoms with E-state index >= 15 is 0 Å². The van der Waals surface area contributed by atoms with Crippen molar-refractivity contribution in [1.82, 2.24) is 0 Å². The molecule has 100 valence electrons. The molecule has 0 radical (unpaired) electrons. The van der Waals surface area contributed by atoms with Crippen LogP contribution in [0, 0.1) is 6.92 Å². The number of nitrogen functional groups attached to an aromatic ring is 1. The highest BCUT2D eigenvalue weighted by Gasteiger charge is 2.04. The van der Waals surface area contributed by atoms with E-state index in [1.54, 1.807) is 0 Å². The summed E-state index contributed by atoms with van der Waals surface area (Å²) in [6, 6.07) is 14.1. The molecule has 0 spiro atoms. The minimum absolute atomic E-state index is 0.531. The highest BCUT2D eigenvalue weighted by Crippen LogP contribution is 2.27. The Balaban J connectivity index is 2.12. The summed E-state index contributed by atoms with van der Waals surface area (Å²) in [5, 5.41) is 0. The first-order valence-corrected chi connectivity index (χ1v) is 6.31. The standard InChI is InChI=1S/C16H20N2O/c1-12-5-4-6-13(9-12)11-19-16-10-14(18(2)3)7-8-15(16)17/h4-10H,11,17H2,1-3H3. The normalized spacial score (nSPS) is 10.3. The largest absolute Gasteiger partial charge is 0.487 e. The van der Waals surface area contributed by atoms with Gasteiger partial charge in [0, 0.05) is 25.8 Å². The van der Waals surface area contributed by atoms with Crippen molar-refractivity contribution in [3.63, 3.8) is 0 Å². The van der Waals surface area contributed by atoms with Gasteiger partial charge in [0.25, 0.3) is 0 Å². The van der Waals surface area contributed by atoms with Crippen LogP contribution in [0.25, 0.3) is 0 Å². The maximum atomic E-state index is 5.94. The average Bonchev–Trinajstić information content (AvgIpc) is 2.37. The molecule has 3 heteroatoms. The molecule has 0 amide bonds. The van der Waals surface area contributed by atoms with E-state index in [1.807, 2.05) is 43.3 Å². The maximum Gasteiger partial charge on any atom is 0.144 e. The first-order valence-electron chi connectivity index (χ1n) is 6.31. The summed E-state index contributed by atoms with van der Waals surface area (Å²) in [6.45, 7) is 2.60. The number of anilines is 2. The lowest BCUT2D eigenvalue weighted by Crippen LogP contribution is -2.09. The van der Waals surface area contributed by atoms with Gasteiger partial charge in [0.05, 0.1) is 5.69 Å². The van der Waals surface area contributed by atoms with Gasteiger partial charge in [0.15, 0.2) is 0 Å². The van der Waals surface area contributed by atoms with Crippen molar-refractivity contribution in [1.29, 1.82) is 0 Å². The van der Waals surface area contributed by atoms with E-state index in [1.165, 1.54) is 5.56 Å². The minimum Gasteiger partial charge on any atom is -0.487 e. The van der Waals surface area contributed by atoms with Crippen molar-refractivity contribution in [2.45, 2.75) is 13.5 Å². The third-order valence-electron chi connectivity index (χ3n) is 2.99. The molecule has 0 aliphatic carbocycles. The van der Waals surface area contributed by atoms with E-state index in [2.05, 4.69) is 25.1 Å². The zero-order chi connectivity index (χ0) is 13.8. The minimum atomic E-state index is 0.531. The van der Waals surface area contributed by atoms with Crippen LogP contribution in [-0.4, -0.2) is 14.1 Å². The van der Waals surface area contributed by atoms with Crippen LogP contribution in [0.1, 0.15) is 11.1 Å². The van der Waals surface area contributed by atoms with Gasteiger partial charge < -0.3 is 15.4 Å². The number of rotatable bonds is 4. The monoisotopic (exact) mass is 256 g/mol. The van der Waals surface area contributed by atoms with Gasteiger partial charge in [0.1, 0.15) is 12.4 Å². The van der Waals surface area contributed by atoms with E-state index < -0.39 is 0 Å².